The van der Waals surface area contributed by atoms with E-state index in [1.807, 2.05) is 60.8 Å². The van der Waals surface area contributed by atoms with Gasteiger partial charge in [-0.15, -0.1) is 0 Å². The quantitative estimate of drug-likeness (QED) is 0.580. The number of methoxy groups -OCH3 is 1. The van der Waals surface area contributed by atoms with Crippen molar-refractivity contribution >= 4 is 23.1 Å². The van der Waals surface area contributed by atoms with Crippen LogP contribution in [0.5, 0.6) is 0 Å². The molecule has 0 amide bonds. The first-order chi connectivity index (χ1) is 11.3. The predicted molar refractivity (Wildman–Crippen MR) is 91.8 cm³/mol. The van der Waals surface area contributed by atoms with E-state index in [1.54, 1.807) is 6.21 Å². The number of carbonyl (C=O) groups excluding carboxylic acids is 1. The summed E-state index contributed by atoms with van der Waals surface area (Å²) in [5.74, 6) is -0.331. The second kappa shape index (κ2) is 6.92. The van der Waals surface area contributed by atoms with E-state index >= 15 is 0 Å². The summed E-state index contributed by atoms with van der Waals surface area (Å²) in [5.41, 5.74) is 3.07. The van der Waals surface area contributed by atoms with Crippen LogP contribution in [0.1, 0.15) is 11.1 Å². The average molecular weight is 306 g/mol. The fourth-order valence-corrected chi connectivity index (χ4v) is 2.56. The van der Waals surface area contributed by atoms with E-state index in [1.165, 1.54) is 7.11 Å². The maximum Gasteiger partial charge on any atom is 0.330 e. The second-order valence-electron chi connectivity index (χ2n) is 5.29. The van der Waals surface area contributed by atoms with Crippen molar-refractivity contribution in [3.63, 3.8) is 0 Å². The molecule has 1 N–H and O–H groups in total. The number of nitrogens with zero attached hydrogens (tertiary/aromatic N) is 1. The Balaban J connectivity index is 1.85. The molecule has 0 fully saturated rings. The summed E-state index contributed by atoms with van der Waals surface area (Å²) in [6.07, 6.45) is 4.15. The van der Waals surface area contributed by atoms with Crippen LogP contribution in [-0.4, -0.2) is 30.3 Å². The number of para-hydroxylation sites is 1. The Bertz CT molecular complexity index is 822. The Morgan fingerprint density at radius 2 is 1.91 bits per heavy atom. The van der Waals surface area contributed by atoms with Crippen LogP contribution in [0, 0.1) is 0 Å². The van der Waals surface area contributed by atoms with Gasteiger partial charge in [0.15, 0.2) is 6.04 Å². The van der Waals surface area contributed by atoms with Crippen LogP contribution in [0.2, 0.25) is 0 Å². The molecule has 0 aliphatic carbocycles. The lowest BCUT2D eigenvalue weighted by atomic mass is 10.1. The second-order valence-corrected chi connectivity index (χ2v) is 5.29. The predicted octanol–water partition coefficient (Wildman–Crippen LogP) is 3.37. The van der Waals surface area contributed by atoms with Crippen molar-refractivity contribution in [1.82, 2.24) is 4.98 Å². The number of hydrogen-bond acceptors (Lipinski definition) is 3. The number of ether oxygens (including phenoxy) is 1. The maximum atomic E-state index is 12.0. The first-order valence-corrected chi connectivity index (χ1v) is 7.49. The maximum absolute atomic E-state index is 12.0. The summed E-state index contributed by atoms with van der Waals surface area (Å²) in [7, 11) is 1.39. The fourth-order valence-electron chi connectivity index (χ4n) is 2.56. The van der Waals surface area contributed by atoms with E-state index in [4.69, 9.17) is 4.74 Å². The highest BCUT2D eigenvalue weighted by molar-refractivity contribution is 5.86. The van der Waals surface area contributed by atoms with Gasteiger partial charge in [0, 0.05) is 29.7 Å². The number of aromatic nitrogens is 1. The highest BCUT2D eigenvalue weighted by Crippen LogP contribution is 2.20. The van der Waals surface area contributed by atoms with Gasteiger partial charge in [-0.25, -0.2) is 4.79 Å². The lowest BCUT2D eigenvalue weighted by Crippen LogP contribution is -2.23. The lowest BCUT2D eigenvalue weighted by molar-refractivity contribution is -0.142. The molecule has 0 saturated carbocycles. The lowest BCUT2D eigenvalue weighted by Gasteiger charge is -2.09. The number of hydrogen-bond donors (Lipinski definition) is 1. The first-order valence-electron chi connectivity index (χ1n) is 7.49. The standard InChI is InChI=1S/C19H18N2O2/c1-23-19(22)18(20-12-14-7-3-2-4-8-14)11-15-13-21-17-10-6-5-9-16(15)17/h2-10,12-13,18,21H,11H2,1H3. The van der Waals surface area contributed by atoms with Gasteiger partial charge >= 0.3 is 5.97 Å². The summed E-state index contributed by atoms with van der Waals surface area (Å²) in [5, 5.41) is 1.11. The van der Waals surface area contributed by atoms with Crippen molar-refractivity contribution in [2.45, 2.75) is 12.5 Å². The van der Waals surface area contributed by atoms with E-state index in [2.05, 4.69) is 9.98 Å². The summed E-state index contributed by atoms with van der Waals surface area (Å²) in [6, 6.07) is 17.2. The number of rotatable bonds is 5. The molecule has 23 heavy (non-hydrogen) atoms. The van der Waals surface area contributed by atoms with Crippen LogP contribution in [-0.2, 0) is 16.0 Å². The van der Waals surface area contributed by atoms with Crippen molar-refractivity contribution in [2.24, 2.45) is 4.99 Å². The van der Waals surface area contributed by atoms with Gasteiger partial charge in [0.1, 0.15) is 0 Å². The number of carbonyl (C=O) groups is 1. The van der Waals surface area contributed by atoms with Gasteiger partial charge in [-0.2, -0.15) is 0 Å². The molecule has 1 heterocycles. The molecule has 0 aliphatic rings. The largest absolute Gasteiger partial charge is 0.467 e. The Kier molecular flexibility index (Phi) is 4.52. The molecule has 0 spiro atoms. The van der Waals surface area contributed by atoms with Gasteiger partial charge in [0.05, 0.1) is 7.11 Å². The van der Waals surface area contributed by atoms with Gasteiger partial charge in [-0.3, -0.25) is 4.99 Å². The molecule has 1 aromatic heterocycles. The number of nitrogens with one attached hydrogen (secondary N) is 1. The number of fused-ring (bicyclic) bond motifs is 1. The Morgan fingerprint density at radius 3 is 2.70 bits per heavy atom. The van der Waals surface area contributed by atoms with Crippen LogP contribution in [0.3, 0.4) is 0 Å². The highest BCUT2D eigenvalue weighted by atomic mass is 16.5. The van der Waals surface area contributed by atoms with Crippen LogP contribution in [0.15, 0.2) is 65.8 Å². The first kappa shape index (κ1) is 15.0. The fraction of sp³-hybridized carbons (Fsp3) is 0.158. The third-order valence-electron chi connectivity index (χ3n) is 3.76. The van der Waals surface area contributed by atoms with Crippen molar-refractivity contribution in [2.75, 3.05) is 7.11 Å². The Labute approximate surface area is 134 Å². The molecule has 4 nitrogen and oxygen atoms in total. The molecular formula is C19H18N2O2. The van der Waals surface area contributed by atoms with Gasteiger partial charge in [0.25, 0.3) is 0 Å². The van der Waals surface area contributed by atoms with Crippen LogP contribution < -0.4 is 0 Å². The summed E-state index contributed by atoms with van der Waals surface area (Å²) >= 11 is 0. The zero-order valence-corrected chi connectivity index (χ0v) is 12.9. The number of H-pyrrole nitrogens is 1. The summed E-state index contributed by atoms with van der Waals surface area (Å²) in [6.45, 7) is 0. The van der Waals surface area contributed by atoms with Crippen molar-refractivity contribution in [3.05, 3.63) is 71.9 Å². The molecule has 3 rings (SSSR count). The van der Waals surface area contributed by atoms with E-state index in [-0.39, 0.29) is 5.97 Å². The summed E-state index contributed by atoms with van der Waals surface area (Å²) in [4.78, 5) is 19.7. The molecule has 0 saturated heterocycles. The number of benzene rings is 2. The molecule has 1 unspecified atom stereocenters. The third kappa shape index (κ3) is 3.48. The van der Waals surface area contributed by atoms with E-state index < -0.39 is 6.04 Å². The topological polar surface area (TPSA) is 54.5 Å². The third-order valence-corrected chi connectivity index (χ3v) is 3.76. The zero-order valence-electron chi connectivity index (χ0n) is 12.9. The normalized spacial score (nSPS) is 12.6. The number of aliphatic imine (C=N–C) groups is 1. The molecule has 1 atom stereocenters. The summed E-state index contributed by atoms with van der Waals surface area (Å²) < 4.78 is 4.90. The van der Waals surface area contributed by atoms with Crippen molar-refractivity contribution in [3.8, 4) is 0 Å². The van der Waals surface area contributed by atoms with E-state index in [0.29, 0.717) is 6.42 Å². The molecule has 116 valence electrons. The molecular weight excluding hydrogens is 288 g/mol. The van der Waals surface area contributed by atoms with Crippen molar-refractivity contribution in [1.29, 1.82) is 0 Å². The van der Waals surface area contributed by atoms with Crippen LogP contribution >= 0.6 is 0 Å². The highest BCUT2D eigenvalue weighted by Gasteiger charge is 2.19. The minimum absolute atomic E-state index is 0.331. The molecule has 0 bridgehead atoms. The molecule has 0 aliphatic heterocycles. The average Bonchev–Trinajstić information content (AvgIpc) is 3.02. The van der Waals surface area contributed by atoms with Gasteiger partial charge in [-0.1, -0.05) is 48.5 Å². The van der Waals surface area contributed by atoms with Crippen LogP contribution in [0.4, 0.5) is 0 Å². The zero-order chi connectivity index (χ0) is 16.1. The minimum Gasteiger partial charge on any atom is -0.467 e. The number of aromatic amines is 1. The van der Waals surface area contributed by atoms with Crippen LogP contribution in [0.25, 0.3) is 10.9 Å². The Morgan fingerprint density at radius 1 is 1.17 bits per heavy atom. The van der Waals surface area contributed by atoms with E-state index in [9.17, 15) is 4.79 Å². The smallest absolute Gasteiger partial charge is 0.330 e. The SMILES string of the molecule is COC(=O)C(Cc1c[nH]c2ccccc12)N=Cc1ccccc1. The van der Waals surface area contributed by atoms with Crippen molar-refractivity contribution < 1.29 is 9.53 Å². The van der Waals surface area contributed by atoms with E-state index in [0.717, 1.165) is 22.0 Å². The number of esters is 1. The molecule has 4 heteroatoms. The molecule has 0 radical (unpaired) electrons. The molecule has 2 aromatic carbocycles. The molecule has 3 aromatic rings. The van der Waals surface area contributed by atoms with Gasteiger partial charge in [0.2, 0.25) is 0 Å². The van der Waals surface area contributed by atoms with Gasteiger partial charge < -0.3 is 9.72 Å². The monoisotopic (exact) mass is 306 g/mol. The minimum atomic E-state index is -0.556. The Hall–Kier alpha value is -2.88. The van der Waals surface area contributed by atoms with Gasteiger partial charge in [-0.05, 0) is 17.2 Å².